The van der Waals surface area contributed by atoms with Crippen LogP contribution < -0.4 is 0 Å². The summed E-state index contributed by atoms with van der Waals surface area (Å²) in [6.45, 7) is 3.65. The van der Waals surface area contributed by atoms with E-state index in [0.717, 1.165) is 16.3 Å². The van der Waals surface area contributed by atoms with Gasteiger partial charge in [0.05, 0.1) is 23.8 Å². The highest BCUT2D eigenvalue weighted by Gasteiger charge is 2.30. The molecular formula is C14H16N2O4S. The van der Waals surface area contributed by atoms with Gasteiger partial charge in [-0.1, -0.05) is 6.07 Å². The van der Waals surface area contributed by atoms with Gasteiger partial charge in [0.15, 0.2) is 0 Å². The van der Waals surface area contributed by atoms with Crippen molar-refractivity contribution >= 4 is 17.3 Å². The highest BCUT2D eigenvalue weighted by atomic mass is 32.1. The van der Waals surface area contributed by atoms with E-state index >= 15 is 0 Å². The third kappa shape index (κ3) is 2.99. The second kappa shape index (κ2) is 5.97. The third-order valence-corrected chi connectivity index (χ3v) is 4.36. The normalized spacial score (nSPS) is 19.8. The zero-order chi connectivity index (χ0) is 14.8. The number of morpholine rings is 1. The average molecular weight is 308 g/mol. The number of rotatable bonds is 4. The van der Waals surface area contributed by atoms with Crippen molar-refractivity contribution in [3.63, 3.8) is 0 Å². The Hall–Kier alpha value is -1.70. The number of ether oxygens (including phenoxy) is 1. The van der Waals surface area contributed by atoms with Crippen LogP contribution in [0.2, 0.25) is 0 Å². The molecule has 1 N–H and O–H groups in total. The largest absolute Gasteiger partial charge is 0.480 e. The van der Waals surface area contributed by atoms with Crippen LogP contribution >= 0.6 is 11.3 Å². The number of aryl methyl sites for hydroxylation is 1. The van der Waals surface area contributed by atoms with Crippen LogP contribution in [-0.2, 0) is 16.1 Å². The molecular weight excluding hydrogens is 292 g/mol. The van der Waals surface area contributed by atoms with E-state index in [9.17, 15) is 9.90 Å². The van der Waals surface area contributed by atoms with Gasteiger partial charge in [-0.2, -0.15) is 0 Å². The standard InChI is InChI=1S/C14H16N2O4S/c1-9-10(15-13(20-9)12-3-2-6-21-12)7-16-4-5-19-8-11(16)14(17)18/h2-3,6,11H,4-5,7-8H2,1H3,(H,17,18). The summed E-state index contributed by atoms with van der Waals surface area (Å²) in [7, 11) is 0. The minimum atomic E-state index is -0.866. The zero-order valence-corrected chi connectivity index (χ0v) is 12.4. The van der Waals surface area contributed by atoms with Crippen LogP contribution in [-0.4, -0.2) is 46.8 Å². The van der Waals surface area contributed by atoms with E-state index < -0.39 is 12.0 Å². The molecule has 0 saturated carbocycles. The Morgan fingerprint density at radius 1 is 1.62 bits per heavy atom. The van der Waals surface area contributed by atoms with E-state index in [0.29, 0.717) is 25.6 Å². The number of carbonyl (C=O) groups is 1. The second-order valence-electron chi connectivity index (χ2n) is 4.90. The summed E-state index contributed by atoms with van der Waals surface area (Å²) in [6, 6.07) is 3.27. The monoisotopic (exact) mass is 308 g/mol. The van der Waals surface area contributed by atoms with Gasteiger partial charge in [0.2, 0.25) is 5.89 Å². The lowest BCUT2D eigenvalue weighted by molar-refractivity contribution is -0.150. The number of aliphatic carboxylic acids is 1. The number of carboxylic acids is 1. The molecule has 0 radical (unpaired) electrons. The first kappa shape index (κ1) is 14.2. The zero-order valence-electron chi connectivity index (χ0n) is 11.6. The van der Waals surface area contributed by atoms with E-state index in [1.54, 1.807) is 11.3 Å². The molecule has 1 unspecified atom stereocenters. The van der Waals surface area contributed by atoms with E-state index in [1.165, 1.54) is 0 Å². The molecule has 6 nitrogen and oxygen atoms in total. The van der Waals surface area contributed by atoms with Crippen LogP contribution in [0.4, 0.5) is 0 Å². The summed E-state index contributed by atoms with van der Waals surface area (Å²) in [6.07, 6.45) is 0. The SMILES string of the molecule is Cc1oc(-c2cccs2)nc1CN1CCOCC1C(=O)O. The quantitative estimate of drug-likeness (QED) is 0.931. The van der Waals surface area contributed by atoms with Crippen molar-refractivity contribution in [3.8, 4) is 10.8 Å². The molecule has 3 rings (SSSR count). The summed E-state index contributed by atoms with van der Waals surface area (Å²) in [5, 5.41) is 11.2. The highest BCUT2D eigenvalue weighted by molar-refractivity contribution is 7.13. The van der Waals surface area contributed by atoms with E-state index in [-0.39, 0.29) is 6.61 Å². The third-order valence-electron chi connectivity index (χ3n) is 3.50. The molecule has 0 aromatic carbocycles. The van der Waals surface area contributed by atoms with Crippen LogP contribution in [0.15, 0.2) is 21.9 Å². The Bertz CT molecular complexity index is 623. The van der Waals surface area contributed by atoms with Crippen molar-refractivity contribution in [2.75, 3.05) is 19.8 Å². The number of nitrogens with zero attached hydrogens (tertiary/aromatic N) is 2. The van der Waals surface area contributed by atoms with Crippen molar-refractivity contribution in [2.45, 2.75) is 19.5 Å². The summed E-state index contributed by atoms with van der Waals surface area (Å²) in [5.41, 5.74) is 0.784. The first-order chi connectivity index (χ1) is 10.1. The predicted molar refractivity (Wildman–Crippen MR) is 77.2 cm³/mol. The molecule has 7 heteroatoms. The molecule has 0 spiro atoms. The van der Waals surface area contributed by atoms with E-state index in [2.05, 4.69) is 4.98 Å². The summed E-state index contributed by atoms with van der Waals surface area (Å²) < 4.78 is 10.9. The summed E-state index contributed by atoms with van der Waals surface area (Å²) in [5.74, 6) is 0.459. The molecule has 0 amide bonds. The first-order valence-corrected chi connectivity index (χ1v) is 7.58. The molecule has 1 aliphatic heterocycles. The molecule has 0 aliphatic carbocycles. The molecule has 1 aliphatic rings. The lowest BCUT2D eigenvalue weighted by Gasteiger charge is -2.32. The van der Waals surface area contributed by atoms with Gasteiger partial charge >= 0.3 is 5.97 Å². The fourth-order valence-electron chi connectivity index (χ4n) is 2.33. The van der Waals surface area contributed by atoms with Gasteiger partial charge in [0, 0.05) is 13.1 Å². The van der Waals surface area contributed by atoms with Crippen molar-refractivity contribution in [3.05, 3.63) is 29.0 Å². The van der Waals surface area contributed by atoms with Crippen LogP contribution in [0.1, 0.15) is 11.5 Å². The number of aromatic nitrogens is 1. The molecule has 112 valence electrons. The maximum atomic E-state index is 11.3. The predicted octanol–water partition coefficient (Wildman–Crippen LogP) is 2.00. The van der Waals surface area contributed by atoms with Crippen molar-refractivity contribution in [1.82, 2.24) is 9.88 Å². The topological polar surface area (TPSA) is 75.8 Å². The number of oxazole rings is 1. The smallest absolute Gasteiger partial charge is 0.323 e. The average Bonchev–Trinajstić information content (AvgIpc) is 3.10. The molecule has 1 fully saturated rings. The van der Waals surface area contributed by atoms with Gasteiger partial charge in [-0.05, 0) is 18.4 Å². The Balaban J connectivity index is 1.79. The van der Waals surface area contributed by atoms with E-state index in [4.69, 9.17) is 9.15 Å². The van der Waals surface area contributed by atoms with E-state index in [1.807, 2.05) is 29.3 Å². The van der Waals surface area contributed by atoms with Crippen molar-refractivity contribution in [1.29, 1.82) is 0 Å². The Labute approximate surface area is 126 Å². The maximum absolute atomic E-state index is 11.3. The fraction of sp³-hybridized carbons (Fsp3) is 0.429. The summed E-state index contributed by atoms with van der Waals surface area (Å²) in [4.78, 5) is 18.6. The van der Waals surface area contributed by atoms with Crippen LogP contribution in [0.5, 0.6) is 0 Å². The first-order valence-electron chi connectivity index (χ1n) is 6.70. The molecule has 2 aromatic rings. The van der Waals surface area contributed by atoms with Gasteiger partial charge in [0.1, 0.15) is 11.8 Å². The Kier molecular flexibility index (Phi) is 4.05. The summed E-state index contributed by atoms with van der Waals surface area (Å²) >= 11 is 1.57. The lowest BCUT2D eigenvalue weighted by Crippen LogP contribution is -2.49. The Morgan fingerprint density at radius 2 is 2.48 bits per heavy atom. The van der Waals surface area contributed by atoms with Gasteiger partial charge in [-0.15, -0.1) is 11.3 Å². The van der Waals surface area contributed by atoms with Gasteiger partial charge < -0.3 is 14.3 Å². The minimum absolute atomic E-state index is 0.212. The van der Waals surface area contributed by atoms with Crippen LogP contribution in [0, 0.1) is 6.92 Å². The van der Waals surface area contributed by atoms with Gasteiger partial charge in [-0.25, -0.2) is 4.98 Å². The van der Waals surface area contributed by atoms with Crippen molar-refractivity contribution in [2.24, 2.45) is 0 Å². The minimum Gasteiger partial charge on any atom is -0.480 e. The molecule has 1 saturated heterocycles. The number of carboxylic acid groups (broad SMARTS) is 1. The van der Waals surface area contributed by atoms with Gasteiger partial charge in [0.25, 0.3) is 0 Å². The van der Waals surface area contributed by atoms with Crippen LogP contribution in [0.3, 0.4) is 0 Å². The number of hydrogen-bond donors (Lipinski definition) is 1. The molecule has 1 atom stereocenters. The van der Waals surface area contributed by atoms with Gasteiger partial charge in [-0.3, -0.25) is 9.69 Å². The molecule has 0 bridgehead atoms. The fourth-order valence-corrected chi connectivity index (χ4v) is 2.98. The maximum Gasteiger partial charge on any atom is 0.323 e. The van der Waals surface area contributed by atoms with Crippen LogP contribution in [0.25, 0.3) is 10.8 Å². The molecule has 2 aromatic heterocycles. The molecule has 21 heavy (non-hydrogen) atoms. The number of hydrogen-bond acceptors (Lipinski definition) is 6. The lowest BCUT2D eigenvalue weighted by atomic mass is 10.2. The van der Waals surface area contributed by atoms with Crippen molar-refractivity contribution < 1.29 is 19.1 Å². The number of thiophene rings is 1. The Morgan fingerprint density at radius 3 is 3.19 bits per heavy atom. The second-order valence-corrected chi connectivity index (χ2v) is 5.85. The highest BCUT2D eigenvalue weighted by Crippen LogP contribution is 2.26. The molecule has 3 heterocycles.